The van der Waals surface area contributed by atoms with Crippen molar-refractivity contribution in [2.45, 2.75) is 39.3 Å². The summed E-state index contributed by atoms with van der Waals surface area (Å²) in [6.07, 6.45) is 5.86. The van der Waals surface area contributed by atoms with Crippen molar-refractivity contribution in [3.05, 3.63) is 51.5 Å². The molecule has 0 radical (unpaired) electrons. The van der Waals surface area contributed by atoms with Gasteiger partial charge in [-0.05, 0) is 30.7 Å². The zero-order valence-corrected chi connectivity index (χ0v) is 14.8. The van der Waals surface area contributed by atoms with Gasteiger partial charge in [0.2, 0.25) is 0 Å². The average Bonchev–Trinajstić information content (AvgIpc) is 2.86. The lowest BCUT2D eigenvalue weighted by Crippen LogP contribution is -2.24. The third-order valence-electron chi connectivity index (χ3n) is 3.44. The molecule has 0 spiro atoms. The van der Waals surface area contributed by atoms with Gasteiger partial charge in [-0.25, -0.2) is 4.98 Å². The minimum atomic E-state index is 0.175. The fraction of sp³-hybridized carbons (Fsp3) is 0.438. The third kappa shape index (κ3) is 4.31. The van der Waals surface area contributed by atoms with Crippen LogP contribution < -0.4 is 5.32 Å². The van der Waals surface area contributed by atoms with Crippen LogP contribution in [0.4, 0.5) is 0 Å². The lowest BCUT2D eigenvalue weighted by atomic mass is 10.0. The molecule has 1 unspecified atom stereocenters. The van der Waals surface area contributed by atoms with Crippen LogP contribution in [0.25, 0.3) is 0 Å². The number of benzene rings is 1. The van der Waals surface area contributed by atoms with Gasteiger partial charge in [0.15, 0.2) is 0 Å². The normalized spacial score (nSPS) is 12.6. The molecule has 0 amide bonds. The maximum atomic E-state index is 6.40. The molecule has 1 aromatic heterocycles. The van der Waals surface area contributed by atoms with E-state index < -0.39 is 0 Å². The molecule has 0 saturated carbocycles. The standard InChI is InChI=1S/C16H21BrClN3/c1-3-8-21-9-7-20-16(21)11-15(19-4-2)13-6-5-12(17)10-14(13)18/h5-7,9-10,15,19H,3-4,8,11H2,1-2H3. The van der Waals surface area contributed by atoms with Crippen molar-refractivity contribution in [1.82, 2.24) is 14.9 Å². The molecular formula is C16H21BrClN3. The molecule has 21 heavy (non-hydrogen) atoms. The number of rotatable bonds is 7. The van der Waals surface area contributed by atoms with Gasteiger partial charge in [-0.15, -0.1) is 0 Å². The Bertz CT molecular complexity index is 583. The van der Waals surface area contributed by atoms with E-state index in [-0.39, 0.29) is 6.04 Å². The highest BCUT2D eigenvalue weighted by atomic mass is 79.9. The van der Waals surface area contributed by atoms with Gasteiger partial charge in [0.1, 0.15) is 5.82 Å². The number of imidazole rings is 1. The fourth-order valence-electron chi connectivity index (χ4n) is 2.48. The molecule has 3 nitrogen and oxygen atoms in total. The van der Waals surface area contributed by atoms with E-state index in [1.54, 1.807) is 0 Å². The van der Waals surface area contributed by atoms with Gasteiger partial charge in [-0.1, -0.05) is 47.4 Å². The molecule has 1 heterocycles. The van der Waals surface area contributed by atoms with Crippen LogP contribution in [0.1, 0.15) is 37.7 Å². The number of likely N-dealkylation sites (N-methyl/N-ethyl adjacent to an activating group) is 1. The van der Waals surface area contributed by atoms with Crippen molar-refractivity contribution in [3.63, 3.8) is 0 Å². The van der Waals surface area contributed by atoms with Crippen molar-refractivity contribution >= 4 is 27.5 Å². The Morgan fingerprint density at radius 3 is 2.86 bits per heavy atom. The van der Waals surface area contributed by atoms with E-state index >= 15 is 0 Å². The molecule has 0 aliphatic rings. The molecule has 2 aromatic rings. The highest BCUT2D eigenvalue weighted by molar-refractivity contribution is 9.10. The van der Waals surface area contributed by atoms with E-state index in [2.05, 4.69) is 50.7 Å². The van der Waals surface area contributed by atoms with Crippen LogP contribution in [0.3, 0.4) is 0 Å². The first-order valence-corrected chi connectivity index (χ1v) is 8.51. The molecule has 1 N–H and O–H groups in total. The van der Waals surface area contributed by atoms with E-state index in [1.165, 1.54) is 0 Å². The predicted molar refractivity (Wildman–Crippen MR) is 91.8 cm³/mol. The Hall–Kier alpha value is -0.840. The molecule has 0 bridgehead atoms. The van der Waals surface area contributed by atoms with E-state index in [4.69, 9.17) is 11.6 Å². The van der Waals surface area contributed by atoms with Crippen LogP contribution in [-0.4, -0.2) is 16.1 Å². The first-order valence-electron chi connectivity index (χ1n) is 7.34. The maximum Gasteiger partial charge on any atom is 0.110 e. The Morgan fingerprint density at radius 2 is 2.19 bits per heavy atom. The maximum absolute atomic E-state index is 6.40. The summed E-state index contributed by atoms with van der Waals surface area (Å²) in [7, 11) is 0. The third-order valence-corrected chi connectivity index (χ3v) is 4.26. The van der Waals surface area contributed by atoms with Crippen molar-refractivity contribution < 1.29 is 0 Å². The quantitative estimate of drug-likeness (QED) is 0.772. The van der Waals surface area contributed by atoms with Gasteiger partial charge in [0.05, 0.1) is 0 Å². The number of nitrogens with one attached hydrogen (secondary N) is 1. The predicted octanol–water partition coefficient (Wildman–Crippen LogP) is 4.60. The highest BCUT2D eigenvalue weighted by Gasteiger charge is 2.17. The van der Waals surface area contributed by atoms with Crippen LogP contribution >= 0.6 is 27.5 Å². The molecule has 1 aromatic carbocycles. The zero-order valence-electron chi connectivity index (χ0n) is 12.4. The van der Waals surface area contributed by atoms with Crippen LogP contribution in [0, 0.1) is 0 Å². The summed E-state index contributed by atoms with van der Waals surface area (Å²) in [6, 6.07) is 6.23. The Kier molecular flexibility index (Phi) is 6.27. The first-order chi connectivity index (χ1) is 10.2. The van der Waals surface area contributed by atoms with Crippen LogP contribution in [0.5, 0.6) is 0 Å². The van der Waals surface area contributed by atoms with E-state index in [0.29, 0.717) is 0 Å². The van der Waals surface area contributed by atoms with Crippen molar-refractivity contribution in [3.8, 4) is 0 Å². The summed E-state index contributed by atoms with van der Waals surface area (Å²) in [5.41, 5.74) is 1.12. The zero-order chi connectivity index (χ0) is 15.2. The number of aromatic nitrogens is 2. The SMILES string of the molecule is CCCn1ccnc1CC(NCC)c1ccc(Br)cc1Cl. The lowest BCUT2D eigenvalue weighted by Gasteiger charge is -2.20. The van der Waals surface area contributed by atoms with Gasteiger partial charge in [-0.3, -0.25) is 0 Å². The first kappa shape index (κ1) is 16.5. The second-order valence-corrected chi connectivity index (χ2v) is 6.34. The molecule has 2 rings (SSSR count). The molecule has 114 valence electrons. The van der Waals surface area contributed by atoms with Gasteiger partial charge in [0, 0.05) is 40.9 Å². The highest BCUT2D eigenvalue weighted by Crippen LogP contribution is 2.28. The lowest BCUT2D eigenvalue weighted by molar-refractivity contribution is 0.516. The molecule has 1 atom stereocenters. The Balaban J connectivity index is 2.24. The van der Waals surface area contributed by atoms with Gasteiger partial charge in [-0.2, -0.15) is 0 Å². The topological polar surface area (TPSA) is 29.9 Å². The average molecular weight is 371 g/mol. The van der Waals surface area contributed by atoms with Crippen molar-refractivity contribution in [2.24, 2.45) is 0 Å². The van der Waals surface area contributed by atoms with E-state index in [0.717, 1.165) is 46.8 Å². The van der Waals surface area contributed by atoms with Gasteiger partial charge in [0.25, 0.3) is 0 Å². The smallest absolute Gasteiger partial charge is 0.110 e. The Labute approximate surface area is 139 Å². The van der Waals surface area contributed by atoms with E-state index in [9.17, 15) is 0 Å². The largest absolute Gasteiger partial charge is 0.335 e. The summed E-state index contributed by atoms with van der Waals surface area (Å²) >= 11 is 9.86. The van der Waals surface area contributed by atoms with Crippen LogP contribution in [0.15, 0.2) is 35.1 Å². The second-order valence-electron chi connectivity index (χ2n) is 5.02. The number of aryl methyl sites for hydroxylation is 1. The Morgan fingerprint density at radius 1 is 1.38 bits per heavy atom. The second kappa shape index (κ2) is 7.97. The summed E-state index contributed by atoms with van der Waals surface area (Å²) in [5, 5.41) is 4.30. The van der Waals surface area contributed by atoms with Gasteiger partial charge < -0.3 is 9.88 Å². The minimum absolute atomic E-state index is 0.175. The summed E-state index contributed by atoms with van der Waals surface area (Å²) in [6.45, 7) is 6.18. The molecule has 0 aliphatic heterocycles. The minimum Gasteiger partial charge on any atom is -0.335 e. The summed E-state index contributed by atoms with van der Waals surface area (Å²) in [5.74, 6) is 1.10. The van der Waals surface area contributed by atoms with Gasteiger partial charge >= 0.3 is 0 Å². The molecule has 0 fully saturated rings. The molecule has 0 aliphatic carbocycles. The number of nitrogens with zero attached hydrogens (tertiary/aromatic N) is 2. The number of hydrogen-bond donors (Lipinski definition) is 1. The summed E-state index contributed by atoms with van der Waals surface area (Å²) < 4.78 is 3.22. The number of halogens is 2. The van der Waals surface area contributed by atoms with Crippen LogP contribution in [0.2, 0.25) is 5.02 Å². The van der Waals surface area contributed by atoms with Crippen LogP contribution in [-0.2, 0) is 13.0 Å². The molecular weight excluding hydrogens is 350 g/mol. The van der Waals surface area contributed by atoms with Crippen molar-refractivity contribution in [1.29, 1.82) is 0 Å². The molecule has 5 heteroatoms. The van der Waals surface area contributed by atoms with E-state index in [1.807, 2.05) is 24.5 Å². The fourth-order valence-corrected chi connectivity index (χ4v) is 3.28. The van der Waals surface area contributed by atoms with Crippen molar-refractivity contribution in [2.75, 3.05) is 6.54 Å². The summed E-state index contributed by atoms with van der Waals surface area (Å²) in [4.78, 5) is 4.50. The number of hydrogen-bond acceptors (Lipinski definition) is 2. The monoisotopic (exact) mass is 369 g/mol. The molecule has 0 saturated heterocycles.